The van der Waals surface area contributed by atoms with Crippen molar-refractivity contribution in [1.82, 2.24) is 14.3 Å². The van der Waals surface area contributed by atoms with Crippen molar-refractivity contribution in [2.24, 2.45) is 0 Å². The largest absolute Gasteiger partial charge is 0.475 e. The molecule has 0 aliphatic heterocycles. The van der Waals surface area contributed by atoms with Crippen LogP contribution in [-0.2, 0) is 0 Å². The van der Waals surface area contributed by atoms with Crippen LogP contribution in [0.15, 0.2) is 52.0 Å². The Balaban J connectivity index is 2.03. The van der Waals surface area contributed by atoms with Crippen molar-refractivity contribution in [2.75, 3.05) is 0 Å². The SMILES string of the molecule is CC(C)n1ccn(-c2cccc(-c3cc(C(=O)O)on3)c2)c1=O. The van der Waals surface area contributed by atoms with Gasteiger partial charge in [0.15, 0.2) is 0 Å². The van der Waals surface area contributed by atoms with E-state index in [1.165, 1.54) is 10.6 Å². The third kappa shape index (κ3) is 2.68. The Labute approximate surface area is 131 Å². The Kier molecular flexibility index (Phi) is 3.61. The van der Waals surface area contributed by atoms with Gasteiger partial charge in [-0.05, 0) is 26.0 Å². The Morgan fingerprint density at radius 1 is 1.26 bits per heavy atom. The lowest BCUT2D eigenvalue weighted by molar-refractivity contribution is 0.0652. The van der Waals surface area contributed by atoms with Gasteiger partial charge in [-0.3, -0.25) is 9.13 Å². The molecule has 7 nitrogen and oxygen atoms in total. The van der Waals surface area contributed by atoms with Gasteiger partial charge in [-0.2, -0.15) is 0 Å². The quantitative estimate of drug-likeness (QED) is 0.799. The number of carboxylic acids is 1. The summed E-state index contributed by atoms with van der Waals surface area (Å²) in [5, 5.41) is 12.6. The first-order chi connectivity index (χ1) is 11.0. The van der Waals surface area contributed by atoms with Gasteiger partial charge in [-0.1, -0.05) is 17.3 Å². The number of carboxylic acid groups (broad SMARTS) is 1. The summed E-state index contributed by atoms with van der Waals surface area (Å²) in [6.45, 7) is 3.87. The van der Waals surface area contributed by atoms with Crippen molar-refractivity contribution in [3.8, 4) is 16.9 Å². The number of rotatable bonds is 4. The molecule has 0 bridgehead atoms. The Morgan fingerprint density at radius 3 is 2.65 bits per heavy atom. The first kappa shape index (κ1) is 14.8. The second kappa shape index (κ2) is 5.60. The maximum absolute atomic E-state index is 12.4. The van der Waals surface area contributed by atoms with Crippen LogP contribution in [0.2, 0.25) is 0 Å². The average molecular weight is 313 g/mol. The molecule has 0 radical (unpaired) electrons. The van der Waals surface area contributed by atoms with Crippen molar-refractivity contribution in [1.29, 1.82) is 0 Å². The molecule has 0 aliphatic rings. The minimum Gasteiger partial charge on any atom is -0.475 e. The number of benzene rings is 1. The van der Waals surface area contributed by atoms with E-state index in [0.29, 0.717) is 16.9 Å². The standard InChI is InChI=1S/C16H15N3O4/c1-10(2)18-6-7-19(16(18)22)12-5-3-4-11(8-12)13-9-14(15(20)21)23-17-13/h3-10H,1-2H3,(H,20,21). The molecule has 118 valence electrons. The summed E-state index contributed by atoms with van der Waals surface area (Å²) >= 11 is 0. The summed E-state index contributed by atoms with van der Waals surface area (Å²) in [6.07, 6.45) is 3.44. The highest BCUT2D eigenvalue weighted by Gasteiger charge is 2.13. The van der Waals surface area contributed by atoms with Gasteiger partial charge in [-0.15, -0.1) is 0 Å². The summed E-state index contributed by atoms with van der Waals surface area (Å²) in [5.74, 6) is -1.40. The van der Waals surface area contributed by atoms with Crippen molar-refractivity contribution < 1.29 is 14.4 Å². The lowest BCUT2D eigenvalue weighted by Gasteiger charge is -2.06. The number of hydrogen-bond donors (Lipinski definition) is 1. The zero-order valence-electron chi connectivity index (χ0n) is 12.6. The molecule has 0 saturated heterocycles. The number of carbonyl (C=O) groups is 1. The maximum atomic E-state index is 12.4. The molecule has 23 heavy (non-hydrogen) atoms. The Morgan fingerprint density at radius 2 is 2.04 bits per heavy atom. The van der Waals surface area contributed by atoms with E-state index < -0.39 is 5.97 Å². The zero-order chi connectivity index (χ0) is 16.6. The van der Waals surface area contributed by atoms with Crippen LogP contribution in [0.1, 0.15) is 30.4 Å². The predicted molar refractivity (Wildman–Crippen MR) is 82.9 cm³/mol. The summed E-state index contributed by atoms with van der Waals surface area (Å²) in [6, 6.07) is 8.53. The fourth-order valence-corrected chi connectivity index (χ4v) is 2.31. The second-order valence-corrected chi connectivity index (χ2v) is 5.38. The number of imidazole rings is 1. The average Bonchev–Trinajstić information content (AvgIpc) is 3.14. The van der Waals surface area contributed by atoms with Gasteiger partial charge < -0.3 is 9.63 Å². The summed E-state index contributed by atoms with van der Waals surface area (Å²) in [7, 11) is 0. The molecule has 0 fully saturated rings. The highest BCUT2D eigenvalue weighted by Crippen LogP contribution is 2.21. The maximum Gasteiger partial charge on any atom is 0.374 e. The van der Waals surface area contributed by atoms with Crippen LogP contribution in [0.3, 0.4) is 0 Å². The van der Waals surface area contributed by atoms with Gasteiger partial charge in [0.05, 0.1) is 5.69 Å². The van der Waals surface area contributed by atoms with E-state index in [1.807, 2.05) is 13.8 Å². The van der Waals surface area contributed by atoms with Gasteiger partial charge in [0, 0.05) is 30.1 Å². The first-order valence-electron chi connectivity index (χ1n) is 7.07. The van der Waals surface area contributed by atoms with E-state index in [4.69, 9.17) is 9.63 Å². The highest BCUT2D eigenvalue weighted by molar-refractivity contribution is 5.85. The predicted octanol–water partition coefficient (Wildman–Crippen LogP) is 2.57. The third-order valence-corrected chi connectivity index (χ3v) is 3.50. The molecule has 2 heterocycles. The molecule has 1 N–H and O–H groups in total. The highest BCUT2D eigenvalue weighted by atomic mass is 16.5. The molecular formula is C16H15N3O4. The second-order valence-electron chi connectivity index (χ2n) is 5.38. The van der Waals surface area contributed by atoms with Gasteiger partial charge >= 0.3 is 11.7 Å². The van der Waals surface area contributed by atoms with Gasteiger partial charge in [-0.25, -0.2) is 9.59 Å². The normalized spacial score (nSPS) is 11.1. The van der Waals surface area contributed by atoms with Crippen LogP contribution >= 0.6 is 0 Å². The fraction of sp³-hybridized carbons (Fsp3) is 0.188. The molecule has 0 saturated carbocycles. The number of aromatic nitrogens is 3. The van der Waals surface area contributed by atoms with E-state index in [-0.39, 0.29) is 17.5 Å². The number of nitrogens with zero attached hydrogens (tertiary/aromatic N) is 3. The topological polar surface area (TPSA) is 90.3 Å². The van der Waals surface area contributed by atoms with Gasteiger partial charge in [0.2, 0.25) is 5.76 Å². The molecule has 0 spiro atoms. The van der Waals surface area contributed by atoms with Crippen LogP contribution in [-0.4, -0.2) is 25.4 Å². The van der Waals surface area contributed by atoms with Crippen molar-refractivity contribution in [3.05, 3.63) is 59.0 Å². The summed E-state index contributed by atoms with van der Waals surface area (Å²) in [5.41, 5.74) is 1.61. The van der Waals surface area contributed by atoms with Crippen LogP contribution in [0.25, 0.3) is 16.9 Å². The van der Waals surface area contributed by atoms with Crippen LogP contribution < -0.4 is 5.69 Å². The molecule has 0 atom stereocenters. The monoisotopic (exact) mass is 313 g/mol. The van der Waals surface area contributed by atoms with E-state index >= 15 is 0 Å². The lowest BCUT2D eigenvalue weighted by atomic mass is 10.1. The van der Waals surface area contributed by atoms with E-state index in [0.717, 1.165) is 0 Å². The number of aromatic carboxylic acids is 1. The lowest BCUT2D eigenvalue weighted by Crippen LogP contribution is -2.24. The minimum atomic E-state index is -1.18. The van der Waals surface area contributed by atoms with E-state index in [9.17, 15) is 9.59 Å². The third-order valence-electron chi connectivity index (χ3n) is 3.50. The zero-order valence-corrected chi connectivity index (χ0v) is 12.6. The molecule has 7 heteroatoms. The summed E-state index contributed by atoms with van der Waals surface area (Å²) in [4.78, 5) is 23.2. The van der Waals surface area contributed by atoms with Crippen molar-refractivity contribution in [2.45, 2.75) is 19.9 Å². The molecule has 0 amide bonds. The Hall–Kier alpha value is -3.09. The van der Waals surface area contributed by atoms with Crippen LogP contribution in [0.4, 0.5) is 0 Å². The molecule has 1 aromatic carbocycles. The van der Waals surface area contributed by atoms with Crippen molar-refractivity contribution in [3.63, 3.8) is 0 Å². The van der Waals surface area contributed by atoms with Crippen molar-refractivity contribution >= 4 is 5.97 Å². The fourth-order valence-electron chi connectivity index (χ4n) is 2.31. The Bertz CT molecular complexity index is 917. The summed E-state index contributed by atoms with van der Waals surface area (Å²) < 4.78 is 7.92. The molecule has 0 aliphatic carbocycles. The minimum absolute atomic E-state index is 0.0700. The molecule has 2 aromatic heterocycles. The molecule has 3 rings (SSSR count). The van der Waals surface area contributed by atoms with Crippen LogP contribution in [0.5, 0.6) is 0 Å². The van der Waals surface area contributed by atoms with E-state index in [1.54, 1.807) is 41.2 Å². The molecule has 3 aromatic rings. The van der Waals surface area contributed by atoms with Gasteiger partial charge in [0.1, 0.15) is 5.69 Å². The van der Waals surface area contributed by atoms with Gasteiger partial charge in [0.25, 0.3) is 0 Å². The molecule has 0 unspecified atom stereocenters. The molecular weight excluding hydrogens is 298 g/mol. The smallest absolute Gasteiger partial charge is 0.374 e. The van der Waals surface area contributed by atoms with E-state index in [2.05, 4.69) is 5.16 Å². The van der Waals surface area contributed by atoms with Crippen LogP contribution in [0, 0.1) is 0 Å². The first-order valence-corrected chi connectivity index (χ1v) is 7.07. The number of hydrogen-bond acceptors (Lipinski definition) is 4.